The van der Waals surface area contributed by atoms with Gasteiger partial charge in [0.2, 0.25) is 5.91 Å². The highest BCUT2D eigenvalue weighted by Gasteiger charge is 2.11. The van der Waals surface area contributed by atoms with Gasteiger partial charge in [-0.2, -0.15) is 5.10 Å². The molecule has 0 aliphatic carbocycles. The summed E-state index contributed by atoms with van der Waals surface area (Å²) >= 11 is 0. The SMILES string of the molecule is C/C=C\C(=O)NCCn1ncc2c(=O)n(Cc3ccccc3C)cnc21. The molecule has 0 spiro atoms. The van der Waals surface area contributed by atoms with Crippen molar-refractivity contribution in [2.75, 3.05) is 6.54 Å². The number of aromatic nitrogens is 4. The minimum atomic E-state index is -0.155. The molecule has 0 aliphatic rings. The zero-order chi connectivity index (χ0) is 18.5. The van der Waals surface area contributed by atoms with Crippen molar-refractivity contribution in [1.82, 2.24) is 24.6 Å². The minimum Gasteiger partial charge on any atom is -0.351 e. The number of aryl methyl sites for hydroxylation is 1. The summed E-state index contributed by atoms with van der Waals surface area (Å²) in [7, 11) is 0. The number of nitrogens with zero attached hydrogens (tertiary/aromatic N) is 4. The van der Waals surface area contributed by atoms with Gasteiger partial charge in [0, 0.05) is 6.54 Å². The molecule has 0 saturated carbocycles. The fourth-order valence-corrected chi connectivity index (χ4v) is 2.74. The number of nitrogens with one attached hydrogen (secondary N) is 1. The Labute approximate surface area is 151 Å². The Hall–Kier alpha value is -3.22. The van der Waals surface area contributed by atoms with E-state index in [2.05, 4.69) is 15.4 Å². The zero-order valence-corrected chi connectivity index (χ0v) is 14.8. The molecule has 0 saturated heterocycles. The van der Waals surface area contributed by atoms with E-state index >= 15 is 0 Å². The molecular weight excluding hydrogens is 330 g/mol. The van der Waals surface area contributed by atoms with Crippen molar-refractivity contribution < 1.29 is 4.79 Å². The van der Waals surface area contributed by atoms with Crippen LogP contribution in [0.25, 0.3) is 11.0 Å². The van der Waals surface area contributed by atoms with Gasteiger partial charge >= 0.3 is 0 Å². The number of fused-ring (bicyclic) bond motifs is 1. The second-order valence-electron chi connectivity index (χ2n) is 6.00. The number of hydrogen-bond acceptors (Lipinski definition) is 4. The normalized spacial score (nSPS) is 11.3. The molecule has 3 aromatic rings. The molecule has 2 heterocycles. The van der Waals surface area contributed by atoms with Crippen LogP contribution >= 0.6 is 0 Å². The number of amides is 1. The Bertz CT molecular complexity index is 1020. The summed E-state index contributed by atoms with van der Waals surface area (Å²) in [4.78, 5) is 28.6. The first-order chi connectivity index (χ1) is 12.6. The second kappa shape index (κ2) is 7.77. The summed E-state index contributed by atoms with van der Waals surface area (Å²) in [5, 5.41) is 7.46. The van der Waals surface area contributed by atoms with Crippen LogP contribution in [0.2, 0.25) is 0 Å². The molecule has 26 heavy (non-hydrogen) atoms. The van der Waals surface area contributed by atoms with Crippen molar-refractivity contribution in [2.24, 2.45) is 0 Å². The number of carbonyl (C=O) groups excluding carboxylic acids is 1. The first kappa shape index (κ1) is 17.6. The van der Waals surface area contributed by atoms with Gasteiger partial charge in [-0.3, -0.25) is 14.2 Å². The zero-order valence-electron chi connectivity index (χ0n) is 14.8. The van der Waals surface area contributed by atoms with E-state index in [0.29, 0.717) is 30.7 Å². The molecule has 7 heteroatoms. The van der Waals surface area contributed by atoms with Crippen LogP contribution in [-0.4, -0.2) is 31.8 Å². The maximum Gasteiger partial charge on any atom is 0.264 e. The predicted octanol–water partition coefficient (Wildman–Crippen LogP) is 1.64. The Kier molecular flexibility index (Phi) is 5.26. The van der Waals surface area contributed by atoms with Crippen molar-refractivity contribution in [3.05, 3.63) is 70.4 Å². The van der Waals surface area contributed by atoms with E-state index in [1.807, 2.05) is 31.2 Å². The summed E-state index contributed by atoms with van der Waals surface area (Å²) in [6.45, 7) is 5.13. The number of allylic oxidation sites excluding steroid dienone is 1. The lowest BCUT2D eigenvalue weighted by Gasteiger charge is -2.08. The van der Waals surface area contributed by atoms with Crippen molar-refractivity contribution >= 4 is 16.9 Å². The lowest BCUT2D eigenvalue weighted by Crippen LogP contribution is -2.26. The topological polar surface area (TPSA) is 81.8 Å². The van der Waals surface area contributed by atoms with Gasteiger partial charge in [-0.15, -0.1) is 0 Å². The maximum absolute atomic E-state index is 12.7. The molecular formula is C19H21N5O2. The fourth-order valence-electron chi connectivity index (χ4n) is 2.74. The lowest BCUT2D eigenvalue weighted by molar-refractivity contribution is -0.116. The van der Waals surface area contributed by atoms with Crippen LogP contribution < -0.4 is 10.9 Å². The third-order valence-corrected chi connectivity index (χ3v) is 4.17. The van der Waals surface area contributed by atoms with Crippen LogP contribution in [-0.2, 0) is 17.9 Å². The average Bonchev–Trinajstić information content (AvgIpc) is 3.03. The van der Waals surface area contributed by atoms with Crippen molar-refractivity contribution in [3.8, 4) is 0 Å². The van der Waals surface area contributed by atoms with E-state index in [1.54, 1.807) is 28.6 Å². The summed E-state index contributed by atoms with van der Waals surface area (Å²) in [5.41, 5.74) is 2.61. The highest BCUT2D eigenvalue weighted by Crippen LogP contribution is 2.10. The van der Waals surface area contributed by atoms with Gasteiger partial charge in [0.05, 0.1) is 19.3 Å². The molecule has 0 unspecified atom stereocenters. The number of rotatable bonds is 6. The van der Waals surface area contributed by atoms with Gasteiger partial charge in [-0.25, -0.2) is 9.67 Å². The molecule has 1 amide bonds. The molecule has 7 nitrogen and oxygen atoms in total. The van der Waals surface area contributed by atoms with Crippen LogP contribution in [0.3, 0.4) is 0 Å². The van der Waals surface area contributed by atoms with Crippen LogP contribution in [0.1, 0.15) is 18.1 Å². The van der Waals surface area contributed by atoms with Gasteiger partial charge < -0.3 is 5.32 Å². The smallest absolute Gasteiger partial charge is 0.264 e. The summed E-state index contributed by atoms with van der Waals surface area (Å²) in [6, 6.07) is 7.96. The number of benzene rings is 1. The summed E-state index contributed by atoms with van der Waals surface area (Å²) in [5.74, 6) is -0.155. The summed E-state index contributed by atoms with van der Waals surface area (Å²) in [6.07, 6.45) is 6.22. The first-order valence-electron chi connectivity index (χ1n) is 8.46. The van der Waals surface area contributed by atoms with Gasteiger partial charge in [-0.1, -0.05) is 30.3 Å². The highest BCUT2D eigenvalue weighted by molar-refractivity contribution is 5.87. The fraction of sp³-hybridized carbons (Fsp3) is 0.263. The van der Waals surface area contributed by atoms with Gasteiger partial charge in [-0.05, 0) is 31.1 Å². The first-order valence-corrected chi connectivity index (χ1v) is 8.46. The molecule has 0 atom stereocenters. The van der Waals surface area contributed by atoms with E-state index < -0.39 is 0 Å². The van der Waals surface area contributed by atoms with Crippen LogP contribution in [0, 0.1) is 6.92 Å². The quantitative estimate of drug-likeness (QED) is 0.685. The molecule has 0 aliphatic heterocycles. The standard InChI is InChI=1S/C19H21N5O2/c1-3-6-17(25)20-9-10-24-18-16(11-22-24)19(26)23(13-21-18)12-15-8-5-4-7-14(15)2/h3-8,11,13H,9-10,12H2,1-2H3,(H,20,25)/b6-3-. The number of hydrogen-bond donors (Lipinski definition) is 1. The Morgan fingerprint density at radius 2 is 2.12 bits per heavy atom. The largest absolute Gasteiger partial charge is 0.351 e. The second-order valence-corrected chi connectivity index (χ2v) is 6.00. The molecule has 0 radical (unpaired) electrons. The summed E-state index contributed by atoms with van der Waals surface area (Å²) < 4.78 is 3.22. The van der Waals surface area contributed by atoms with E-state index in [1.165, 1.54) is 12.3 Å². The lowest BCUT2D eigenvalue weighted by atomic mass is 10.1. The van der Waals surface area contributed by atoms with Gasteiger partial charge in [0.1, 0.15) is 11.7 Å². The van der Waals surface area contributed by atoms with Crippen molar-refractivity contribution in [2.45, 2.75) is 26.9 Å². The van der Waals surface area contributed by atoms with Crippen molar-refractivity contribution in [1.29, 1.82) is 0 Å². The molecule has 3 rings (SSSR count). The van der Waals surface area contributed by atoms with Gasteiger partial charge in [0.15, 0.2) is 5.65 Å². The predicted molar refractivity (Wildman–Crippen MR) is 99.9 cm³/mol. The Balaban J connectivity index is 1.79. The molecule has 1 N–H and O–H groups in total. The van der Waals surface area contributed by atoms with Crippen molar-refractivity contribution in [3.63, 3.8) is 0 Å². The van der Waals surface area contributed by atoms with Crippen LogP contribution in [0.5, 0.6) is 0 Å². The number of carbonyl (C=O) groups is 1. The van der Waals surface area contributed by atoms with E-state index in [0.717, 1.165) is 11.1 Å². The maximum atomic E-state index is 12.7. The molecule has 1 aromatic carbocycles. The third-order valence-electron chi connectivity index (χ3n) is 4.17. The van der Waals surface area contributed by atoms with E-state index in [9.17, 15) is 9.59 Å². The average molecular weight is 351 g/mol. The molecule has 2 aromatic heterocycles. The Morgan fingerprint density at radius 3 is 2.88 bits per heavy atom. The third kappa shape index (κ3) is 3.72. The molecule has 0 fully saturated rings. The Morgan fingerprint density at radius 1 is 1.31 bits per heavy atom. The van der Waals surface area contributed by atoms with Crippen LogP contribution in [0.15, 0.2) is 53.7 Å². The molecule has 134 valence electrons. The van der Waals surface area contributed by atoms with E-state index in [-0.39, 0.29) is 11.5 Å². The van der Waals surface area contributed by atoms with E-state index in [4.69, 9.17) is 0 Å². The molecule has 0 bridgehead atoms. The van der Waals surface area contributed by atoms with Gasteiger partial charge in [0.25, 0.3) is 5.56 Å². The minimum absolute atomic E-state index is 0.123. The van der Waals surface area contributed by atoms with Crippen LogP contribution in [0.4, 0.5) is 0 Å². The monoisotopic (exact) mass is 351 g/mol. The highest BCUT2D eigenvalue weighted by atomic mass is 16.1.